The molecule has 4 aliphatic rings. The van der Waals surface area contributed by atoms with E-state index in [1.807, 2.05) is 36.6 Å². The van der Waals surface area contributed by atoms with Crippen molar-refractivity contribution in [3.8, 4) is 5.75 Å². The summed E-state index contributed by atoms with van der Waals surface area (Å²) in [6.45, 7) is -0.438. The summed E-state index contributed by atoms with van der Waals surface area (Å²) >= 11 is 1.50. The number of aromatic hydroxyl groups is 1. The lowest BCUT2D eigenvalue weighted by Gasteiger charge is -2.64. The number of benzene rings is 2. The third-order valence-corrected chi connectivity index (χ3v) is 11.2. The zero-order chi connectivity index (χ0) is 35.3. The predicted molar refractivity (Wildman–Crippen MR) is 194 cm³/mol. The second-order valence-electron chi connectivity index (χ2n) is 14.2. The molecule has 4 saturated carbocycles. The fourth-order valence-electron chi connectivity index (χ4n) is 8.71. The Kier molecular flexibility index (Phi) is 13.0. The summed E-state index contributed by atoms with van der Waals surface area (Å²) in [5.74, 6) is -2.17. The van der Waals surface area contributed by atoms with Crippen LogP contribution in [0.5, 0.6) is 5.75 Å². The van der Waals surface area contributed by atoms with Gasteiger partial charge in [-0.25, -0.2) is 0 Å². The van der Waals surface area contributed by atoms with Gasteiger partial charge in [0.05, 0.1) is 30.0 Å². The summed E-state index contributed by atoms with van der Waals surface area (Å²) in [5, 5.41) is 17.7. The molecule has 0 aromatic heterocycles. The molecule has 50 heavy (non-hydrogen) atoms. The van der Waals surface area contributed by atoms with Gasteiger partial charge in [0, 0.05) is 5.54 Å². The van der Waals surface area contributed by atoms with E-state index in [0.29, 0.717) is 37.9 Å². The molecular formula is C36H49ClN6O6S. The minimum Gasteiger partial charge on any atom is -0.508 e. The summed E-state index contributed by atoms with van der Waals surface area (Å²) in [4.78, 5) is 67.2. The number of Topliss-reactive ketones (excluding diaryl/α,β-unsaturated/α-hetero) is 1. The van der Waals surface area contributed by atoms with E-state index in [1.54, 1.807) is 12.1 Å². The number of thioether (sulfide) groups is 1. The van der Waals surface area contributed by atoms with Crippen LogP contribution in [-0.2, 0) is 36.8 Å². The number of carbonyl (C=O) groups is 5. The Labute approximate surface area is 303 Å². The maximum atomic E-state index is 14.5. The van der Waals surface area contributed by atoms with E-state index in [4.69, 9.17) is 17.2 Å². The van der Waals surface area contributed by atoms with Gasteiger partial charge in [-0.05, 0) is 98.5 Å². The Balaban J connectivity index is 0.00000562. The molecule has 0 saturated heterocycles. The standard InChI is InChI=1S/C36H48N6O6S.ClH/c1-49-12-11-27(42-32(46)26(37)14-22-7-9-25(43)10-8-22)33(47)40-20-29(44)41-28(15-21-5-3-2-4-6-21)30(45)31-35(34(38)48)16-23-13-24(17-35)19-36(31,39)18-23;/h2-10,23-24,26-28,31,43H,11-20,37,39H2,1H3,(H2,38,48)(H,40,47)(H,41,44)(H,42,46);1H/t23?,24?,26-,27+,28-,31?,35?,36?;/m0./s1. The van der Waals surface area contributed by atoms with Gasteiger partial charge in [0.1, 0.15) is 11.8 Å². The van der Waals surface area contributed by atoms with Crippen LogP contribution in [-0.4, -0.2) is 76.7 Å². The minimum absolute atomic E-state index is 0. The second-order valence-corrected chi connectivity index (χ2v) is 15.2. The minimum atomic E-state index is -1.05. The largest absolute Gasteiger partial charge is 0.508 e. The van der Waals surface area contributed by atoms with Gasteiger partial charge in [-0.2, -0.15) is 11.8 Å². The van der Waals surface area contributed by atoms with Crippen molar-refractivity contribution in [2.24, 2.45) is 40.4 Å². The van der Waals surface area contributed by atoms with E-state index < -0.39 is 65.2 Å². The van der Waals surface area contributed by atoms with Crippen molar-refractivity contribution in [3.05, 3.63) is 65.7 Å². The van der Waals surface area contributed by atoms with Crippen molar-refractivity contribution in [2.75, 3.05) is 18.6 Å². The number of nitrogens with two attached hydrogens (primary N) is 3. The van der Waals surface area contributed by atoms with Crippen LogP contribution < -0.4 is 33.2 Å². The third kappa shape index (κ3) is 8.79. The molecular weight excluding hydrogens is 680 g/mol. The average molecular weight is 729 g/mol. The van der Waals surface area contributed by atoms with Gasteiger partial charge in [-0.1, -0.05) is 42.5 Å². The van der Waals surface area contributed by atoms with Crippen LogP contribution in [0.3, 0.4) is 0 Å². The first-order valence-electron chi connectivity index (χ1n) is 16.9. The van der Waals surface area contributed by atoms with Gasteiger partial charge in [0.25, 0.3) is 0 Å². The van der Waals surface area contributed by atoms with Crippen molar-refractivity contribution >= 4 is 53.6 Å². The molecule has 4 bridgehead atoms. The number of phenols is 1. The molecule has 6 rings (SSSR count). The molecule has 0 aliphatic heterocycles. The van der Waals surface area contributed by atoms with E-state index in [1.165, 1.54) is 23.9 Å². The first kappa shape index (κ1) is 39.1. The van der Waals surface area contributed by atoms with Gasteiger partial charge in [-0.3, -0.25) is 24.0 Å². The highest BCUT2D eigenvalue weighted by atomic mass is 35.5. The number of halogens is 1. The van der Waals surface area contributed by atoms with E-state index in [2.05, 4.69) is 16.0 Å². The lowest BCUT2D eigenvalue weighted by atomic mass is 9.41. The molecule has 0 heterocycles. The van der Waals surface area contributed by atoms with Gasteiger partial charge >= 0.3 is 0 Å². The SMILES string of the molecule is CSCC[C@@H](NC(=O)[C@@H](N)Cc1ccc(O)cc1)C(=O)NCC(=O)N[C@@H](Cc1ccccc1)C(=O)C1C2(N)CC3CC(C2)CC1(C(N)=O)C3.Cl. The monoisotopic (exact) mass is 728 g/mol. The normalized spacial score (nSPS) is 26.5. The van der Waals surface area contributed by atoms with Crippen LogP contribution in [0.25, 0.3) is 0 Å². The van der Waals surface area contributed by atoms with Gasteiger partial charge in [0.15, 0.2) is 5.78 Å². The Morgan fingerprint density at radius 3 is 2.10 bits per heavy atom. The molecule has 4 fully saturated rings. The molecule has 0 radical (unpaired) electrons. The summed E-state index contributed by atoms with van der Waals surface area (Å²) in [6, 6.07) is 12.7. The molecule has 6 atom stereocenters. The van der Waals surface area contributed by atoms with Crippen molar-refractivity contribution in [3.63, 3.8) is 0 Å². The van der Waals surface area contributed by atoms with Crippen LogP contribution in [0.2, 0.25) is 0 Å². The van der Waals surface area contributed by atoms with Crippen LogP contribution in [0, 0.1) is 23.2 Å². The van der Waals surface area contributed by atoms with E-state index in [0.717, 1.165) is 17.5 Å². The van der Waals surface area contributed by atoms with Crippen LogP contribution in [0.15, 0.2) is 54.6 Å². The van der Waals surface area contributed by atoms with Gasteiger partial charge in [-0.15, -0.1) is 12.4 Å². The molecule has 3 unspecified atom stereocenters. The molecule has 10 N–H and O–H groups in total. The highest BCUT2D eigenvalue weighted by Gasteiger charge is 2.67. The quantitative estimate of drug-likeness (QED) is 0.132. The number of phenolic OH excluding ortho intramolecular Hbond substituents is 1. The topological polar surface area (TPSA) is 220 Å². The maximum absolute atomic E-state index is 14.5. The summed E-state index contributed by atoms with van der Waals surface area (Å²) in [5.41, 5.74) is 18.8. The Morgan fingerprint density at radius 1 is 0.880 bits per heavy atom. The Morgan fingerprint density at radius 2 is 1.50 bits per heavy atom. The van der Waals surface area contributed by atoms with Crippen molar-refractivity contribution in [2.45, 2.75) is 75.0 Å². The zero-order valence-corrected chi connectivity index (χ0v) is 29.9. The predicted octanol–water partition coefficient (Wildman–Crippen LogP) is 1.34. The van der Waals surface area contributed by atoms with Crippen molar-refractivity contribution in [1.29, 1.82) is 0 Å². The lowest BCUT2D eigenvalue weighted by Crippen LogP contribution is -2.73. The van der Waals surface area contributed by atoms with Crippen LogP contribution in [0.4, 0.5) is 0 Å². The molecule has 12 nitrogen and oxygen atoms in total. The maximum Gasteiger partial charge on any atom is 0.243 e. The molecule has 2 aromatic rings. The fourth-order valence-corrected chi connectivity index (χ4v) is 9.18. The zero-order valence-electron chi connectivity index (χ0n) is 28.3. The Bertz CT molecular complexity index is 1530. The van der Waals surface area contributed by atoms with Crippen molar-refractivity contribution in [1.82, 2.24) is 16.0 Å². The molecule has 0 spiro atoms. The number of hydrogen-bond donors (Lipinski definition) is 7. The second kappa shape index (κ2) is 16.6. The summed E-state index contributed by atoms with van der Waals surface area (Å²) < 4.78 is 0. The molecule has 4 amide bonds. The highest BCUT2D eigenvalue weighted by molar-refractivity contribution is 7.98. The number of carbonyl (C=O) groups excluding carboxylic acids is 5. The molecule has 2 aromatic carbocycles. The first-order chi connectivity index (χ1) is 23.3. The van der Waals surface area contributed by atoms with Gasteiger partial charge in [0.2, 0.25) is 23.6 Å². The first-order valence-corrected chi connectivity index (χ1v) is 18.3. The highest BCUT2D eigenvalue weighted by Crippen LogP contribution is 2.64. The van der Waals surface area contributed by atoms with E-state index in [-0.39, 0.29) is 48.6 Å². The molecule has 14 heteroatoms. The fraction of sp³-hybridized carbons (Fsp3) is 0.528. The van der Waals surface area contributed by atoms with E-state index >= 15 is 0 Å². The number of amides is 4. The Hall–Kier alpha value is -3.65. The number of hydrogen-bond acceptors (Lipinski definition) is 9. The van der Waals surface area contributed by atoms with Gasteiger partial charge < -0.3 is 38.3 Å². The van der Waals surface area contributed by atoms with Crippen molar-refractivity contribution < 1.29 is 29.1 Å². The van der Waals surface area contributed by atoms with Crippen LogP contribution >= 0.6 is 24.2 Å². The summed E-state index contributed by atoms with van der Waals surface area (Å²) in [7, 11) is 0. The van der Waals surface area contributed by atoms with E-state index in [9.17, 15) is 29.1 Å². The third-order valence-electron chi connectivity index (χ3n) is 10.6. The summed E-state index contributed by atoms with van der Waals surface area (Å²) in [6.07, 6.45) is 5.88. The number of ketones is 1. The number of primary amides is 1. The lowest BCUT2D eigenvalue weighted by molar-refractivity contribution is -0.170. The number of rotatable bonds is 16. The smallest absolute Gasteiger partial charge is 0.243 e. The molecule has 272 valence electrons. The van der Waals surface area contributed by atoms with Crippen LogP contribution in [0.1, 0.15) is 49.7 Å². The number of nitrogens with one attached hydrogen (secondary N) is 3. The molecule has 4 aliphatic carbocycles. The average Bonchev–Trinajstić information content (AvgIpc) is 3.05.